The van der Waals surface area contributed by atoms with Gasteiger partial charge in [-0.1, -0.05) is 35.0 Å². The molecule has 31 heavy (non-hydrogen) atoms. The minimum atomic E-state index is 0. The molecule has 1 aromatic heterocycles. The van der Waals surface area contributed by atoms with Crippen molar-refractivity contribution in [3.63, 3.8) is 0 Å². The van der Waals surface area contributed by atoms with E-state index in [4.69, 9.17) is 16.1 Å². The molecule has 0 aliphatic carbocycles. The first-order chi connectivity index (χ1) is 14.7. The second-order valence-corrected chi connectivity index (χ2v) is 7.62. The first-order valence-corrected chi connectivity index (χ1v) is 10.4. The summed E-state index contributed by atoms with van der Waals surface area (Å²) in [7, 11) is 1.77. The van der Waals surface area contributed by atoms with Crippen molar-refractivity contribution >= 4 is 47.2 Å². The van der Waals surface area contributed by atoms with Crippen LogP contribution in [0.1, 0.15) is 18.7 Å². The molecule has 7 nitrogen and oxygen atoms in total. The van der Waals surface area contributed by atoms with Crippen LogP contribution in [0, 0.1) is 0 Å². The zero-order valence-corrected chi connectivity index (χ0v) is 20.4. The number of nitrogens with one attached hydrogen (secondary N) is 2. The summed E-state index contributed by atoms with van der Waals surface area (Å²) in [5.74, 6) is 1.78. The average Bonchev–Trinajstić information content (AvgIpc) is 3.27. The van der Waals surface area contributed by atoms with Gasteiger partial charge in [-0.3, -0.25) is 4.99 Å². The van der Waals surface area contributed by atoms with Crippen molar-refractivity contribution in [1.29, 1.82) is 0 Å². The average molecular weight is 553 g/mol. The molecule has 0 amide bonds. The number of piperidine rings is 1. The first kappa shape index (κ1) is 23.3. The Balaban J connectivity index is 0.00000272. The van der Waals surface area contributed by atoms with E-state index < -0.39 is 0 Å². The van der Waals surface area contributed by atoms with Crippen molar-refractivity contribution in [1.82, 2.24) is 20.8 Å². The fraction of sp³-hybridized carbons (Fsp3) is 0.318. The second kappa shape index (κ2) is 11.3. The van der Waals surface area contributed by atoms with Crippen molar-refractivity contribution in [2.24, 2.45) is 4.99 Å². The van der Waals surface area contributed by atoms with Crippen LogP contribution in [0.25, 0.3) is 11.4 Å². The number of anilines is 1. The molecule has 3 aromatic rings. The molecule has 2 aromatic carbocycles. The molecule has 9 heteroatoms. The number of guanidine groups is 1. The predicted molar refractivity (Wildman–Crippen MR) is 135 cm³/mol. The van der Waals surface area contributed by atoms with Crippen molar-refractivity contribution in [3.05, 3.63) is 65.5 Å². The number of para-hydroxylation sites is 1. The van der Waals surface area contributed by atoms with E-state index in [1.165, 1.54) is 5.69 Å². The standard InChI is InChI=1S/C22H25ClN6O.HI/c1-24-22(26-18-11-13-29(14-12-18)19-5-3-2-4-6-19)25-15-20-27-21(28-30-20)16-7-9-17(23)10-8-16;/h2-10,18H,11-15H2,1H3,(H2,24,25,26);1H. The summed E-state index contributed by atoms with van der Waals surface area (Å²) in [6.45, 7) is 2.45. The van der Waals surface area contributed by atoms with Gasteiger partial charge >= 0.3 is 0 Å². The van der Waals surface area contributed by atoms with Gasteiger partial charge in [0, 0.05) is 42.5 Å². The van der Waals surface area contributed by atoms with Crippen LogP contribution in [0.2, 0.25) is 5.02 Å². The number of hydrogen-bond donors (Lipinski definition) is 2. The quantitative estimate of drug-likeness (QED) is 0.279. The van der Waals surface area contributed by atoms with Gasteiger partial charge in [-0.05, 0) is 49.2 Å². The molecule has 1 fully saturated rings. The summed E-state index contributed by atoms with van der Waals surface area (Å²) in [6, 6.07) is 18.3. The van der Waals surface area contributed by atoms with E-state index in [-0.39, 0.29) is 24.0 Å². The summed E-state index contributed by atoms with van der Waals surface area (Å²) in [5, 5.41) is 11.5. The van der Waals surface area contributed by atoms with Crippen LogP contribution in [-0.4, -0.2) is 42.3 Å². The molecule has 0 bridgehead atoms. The molecular formula is C22H26ClIN6O. The van der Waals surface area contributed by atoms with Crippen LogP contribution in [0.3, 0.4) is 0 Å². The van der Waals surface area contributed by atoms with Gasteiger partial charge in [0.05, 0.1) is 6.54 Å². The van der Waals surface area contributed by atoms with Gasteiger partial charge in [0.25, 0.3) is 0 Å². The van der Waals surface area contributed by atoms with Crippen molar-refractivity contribution < 1.29 is 4.52 Å². The highest BCUT2D eigenvalue weighted by Crippen LogP contribution is 2.20. The Labute approximate surface area is 204 Å². The molecule has 4 rings (SSSR count). The molecule has 0 radical (unpaired) electrons. The topological polar surface area (TPSA) is 78.6 Å². The maximum absolute atomic E-state index is 5.93. The smallest absolute Gasteiger partial charge is 0.246 e. The lowest BCUT2D eigenvalue weighted by atomic mass is 10.0. The zero-order valence-electron chi connectivity index (χ0n) is 17.3. The molecular weight excluding hydrogens is 527 g/mol. The van der Waals surface area contributed by atoms with E-state index in [0.29, 0.717) is 29.3 Å². The Morgan fingerprint density at radius 3 is 2.52 bits per heavy atom. The first-order valence-electron chi connectivity index (χ1n) is 10.1. The van der Waals surface area contributed by atoms with Crippen LogP contribution >= 0.6 is 35.6 Å². The van der Waals surface area contributed by atoms with Gasteiger partial charge in [-0.25, -0.2) is 0 Å². The zero-order chi connectivity index (χ0) is 20.8. The van der Waals surface area contributed by atoms with Crippen LogP contribution in [-0.2, 0) is 6.54 Å². The maximum atomic E-state index is 5.93. The molecule has 2 heterocycles. The van der Waals surface area contributed by atoms with E-state index in [0.717, 1.165) is 37.5 Å². The third-order valence-electron chi connectivity index (χ3n) is 5.16. The number of hydrogen-bond acceptors (Lipinski definition) is 5. The SMILES string of the molecule is CN=C(NCc1nc(-c2ccc(Cl)cc2)no1)NC1CCN(c2ccccc2)CC1.I. The second-order valence-electron chi connectivity index (χ2n) is 7.19. The van der Waals surface area contributed by atoms with E-state index in [1.807, 2.05) is 12.1 Å². The van der Waals surface area contributed by atoms with Crippen molar-refractivity contribution in [2.45, 2.75) is 25.4 Å². The molecule has 1 saturated heterocycles. The van der Waals surface area contributed by atoms with Gasteiger partial charge in [0.15, 0.2) is 5.96 Å². The summed E-state index contributed by atoms with van der Waals surface area (Å²) in [4.78, 5) is 11.2. The van der Waals surface area contributed by atoms with Crippen molar-refractivity contribution in [2.75, 3.05) is 25.0 Å². The molecule has 0 atom stereocenters. The Bertz CT molecular complexity index is 971. The Hall–Kier alpha value is -2.33. The fourth-order valence-corrected chi connectivity index (χ4v) is 3.64. The Morgan fingerprint density at radius 2 is 1.84 bits per heavy atom. The van der Waals surface area contributed by atoms with Crippen LogP contribution in [0.5, 0.6) is 0 Å². The van der Waals surface area contributed by atoms with Crippen LogP contribution < -0.4 is 15.5 Å². The predicted octanol–water partition coefficient (Wildman–Crippen LogP) is 4.34. The maximum Gasteiger partial charge on any atom is 0.246 e. The number of aromatic nitrogens is 2. The van der Waals surface area contributed by atoms with E-state index in [2.05, 4.69) is 61.0 Å². The number of benzene rings is 2. The van der Waals surface area contributed by atoms with Crippen LogP contribution in [0.4, 0.5) is 5.69 Å². The number of aliphatic imine (C=N–C) groups is 1. The van der Waals surface area contributed by atoms with Gasteiger partial charge < -0.3 is 20.1 Å². The fourth-order valence-electron chi connectivity index (χ4n) is 3.51. The summed E-state index contributed by atoms with van der Waals surface area (Å²) >= 11 is 5.93. The highest BCUT2D eigenvalue weighted by molar-refractivity contribution is 14.0. The lowest BCUT2D eigenvalue weighted by molar-refractivity contribution is 0.374. The highest BCUT2D eigenvalue weighted by atomic mass is 127. The van der Waals surface area contributed by atoms with E-state index in [9.17, 15) is 0 Å². The van der Waals surface area contributed by atoms with Gasteiger partial charge in [-0.2, -0.15) is 4.98 Å². The third kappa shape index (κ3) is 6.33. The summed E-state index contributed by atoms with van der Waals surface area (Å²) in [6.07, 6.45) is 2.10. The number of halogens is 2. The van der Waals surface area contributed by atoms with E-state index >= 15 is 0 Å². The lowest BCUT2D eigenvalue weighted by Crippen LogP contribution is -2.48. The van der Waals surface area contributed by atoms with E-state index in [1.54, 1.807) is 19.2 Å². The lowest BCUT2D eigenvalue weighted by Gasteiger charge is -2.34. The molecule has 2 N–H and O–H groups in total. The normalized spacial score (nSPS) is 14.8. The number of nitrogens with zero attached hydrogens (tertiary/aromatic N) is 4. The van der Waals surface area contributed by atoms with Crippen molar-refractivity contribution in [3.8, 4) is 11.4 Å². The van der Waals surface area contributed by atoms with Gasteiger partial charge in [0.2, 0.25) is 11.7 Å². The molecule has 0 unspecified atom stereocenters. The highest BCUT2D eigenvalue weighted by Gasteiger charge is 2.20. The van der Waals surface area contributed by atoms with Gasteiger partial charge in [-0.15, -0.1) is 24.0 Å². The summed E-state index contributed by atoms with van der Waals surface area (Å²) < 4.78 is 5.35. The molecule has 0 spiro atoms. The number of rotatable bonds is 5. The van der Waals surface area contributed by atoms with Gasteiger partial charge in [0.1, 0.15) is 0 Å². The summed E-state index contributed by atoms with van der Waals surface area (Å²) in [5.41, 5.74) is 2.15. The molecule has 0 saturated carbocycles. The largest absolute Gasteiger partial charge is 0.371 e. The molecule has 164 valence electrons. The minimum Gasteiger partial charge on any atom is -0.371 e. The minimum absolute atomic E-state index is 0. The Morgan fingerprint density at radius 1 is 1.13 bits per heavy atom. The monoisotopic (exact) mass is 552 g/mol. The molecule has 1 aliphatic rings. The Kier molecular flexibility index (Phi) is 8.53. The third-order valence-corrected chi connectivity index (χ3v) is 5.41. The van der Waals surface area contributed by atoms with Crippen LogP contribution in [0.15, 0.2) is 64.1 Å². The molecule has 1 aliphatic heterocycles.